The Labute approximate surface area is 104 Å². The Balaban J connectivity index is 2.45. The Kier molecular flexibility index (Phi) is 5.55. The van der Waals surface area contributed by atoms with Crippen molar-refractivity contribution in [2.45, 2.75) is 27.0 Å². The first-order chi connectivity index (χ1) is 7.69. The Morgan fingerprint density at radius 1 is 1.56 bits per heavy atom. The van der Waals surface area contributed by atoms with Gasteiger partial charge in [-0.15, -0.1) is 0 Å². The zero-order valence-corrected chi connectivity index (χ0v) is 11.4. The predicted molar refractivity (Wildman–Crippen MR) is 67.5 cm³/mol. The van der Waals surface area contributed by atoms with Crippen LogP contribution in [-0.4, -0.2) is 30.4 Å². The molecule has 0 N–H and O–H groups in total. The van der Waals surface area contributed by atoms with E-state index >= 15 is 0 Å². The molecule has 1 aromatic rings. The molecular weight excluding hydrogens is 272 g/mol. The number of hydrogen-bond acceptors (Lipinski definition) is 4. The Morgan fingerprint density at radius 3 is 2.75 bits per heavy atom. The minimum absolute atomic E-state index is 0.0278. The lowest BCUT2D eigenvalue weighted by molar-refractivity contribution is -0.0399. The lowest BCUT2D eigenvalue weighted by atomic mass is 10.5. The molecule has 0 radical (unpaired) electrons. The number of nitrogens with zero attached hydrogens (tertiary/aromatic N) is 2. The molecule has 0 saturated carbocycles. The number of halogens is 1. The van der Waals surface area contributed by atoms with Crippen LogP contribution in [0.1, 0.15) is 26.5 Å². The van der Waals surface area contributed by atoms with Crippen molar-refractivity contribution < 1.29 is 9.25 Å². The fraction of sp³-hybridized carbons (Fsp3) is 0.545. The lowest BCUT2D eigenvalue weighted by Crippen LogP contribution is -2.33. The van der Waals surface area contributed by atoms with Crippen molar-refractivity contribution in [1.82, 2.24) is 4.90 Å². The minimum Gasteiger partial charge on any atom is -0.462 e. The molecule has 0 amide bonds. The summed E-state index contributed by atoms with van der Waals surface area (Å²) in [6.45, 7) is 8.04. The summed E-state index contributed by atoms with van der Waals surface area (Å²) in [5.74, 6) is 0.659. The average molecular weight is 289 g/mol. The van der Waals surface area contributed by atoms with E-state index in [9.17, 15) is 0 Å². The molecule has 5 heteroatoms. The quantitative estimate of drug-likeness (QED) is 0.459. The van der Waals surface area contributed by atoms with E-state index in [4.69, 9.17) is 9.25 Å². The van der Waals surface area contributed by atoms with Gasteiger partial charge in [0, 0.05) is 0 Å². The smallest absolute Gasteiger partial charge is 0.178 e. The van der Waals surface area contributed by atoms with Gasteiger partial charge in [-0.05, 0) is 42.0 Å². The topological polar surface area (TPSA) is 38.0 Å². The summed E-state index contributed by atoms with van der Waals surface area (Å²) >= 11 is 3.34. The second-order valence-corrected chi connectivity index (χ2v) is 4.15. The third-order valence-corrected chi connectivity index (χ3v) is 3.01. The van der Waals surface area contributed by atoms with E-state index < -0.39 is 0 Å². The number of hydrogen-bond donors (Lipinski definition) is 0. The maximum Gasteiger partial charge on any atom is 0.178 e. The zero-order chi connectivity index (χ0) is 12.0. The molecule has 0 bridgehead atoms. The third-order valence-electron chi connectivity index (χ3n) is 2.35. The van der Waals surface area contributed by atoms with Gasteiger partial charge >= 0.3 is 0 Å². The molecule has 90 valence electrons. The van der Waals surface area contributed by atoms with E-state index in [1.807, 2.05) is 13.0 Å². The van der Waals surface area contributed by atoms with Crippen LogP contribution >= 0.6 is 15.9 Å². The maximum absolute atomic E-state index is 5.33. The van der Waals surface area contributed by atoms with Crippen LogP contribution in [0, 0.1) is 0 Å². The summed E-state index contributed by atoms with van der Waals surface area (Å²) in [6.07, 6.45) is 3.13. The lowest BCUT2D eigenvalue weighted by Gasteiger charge is -2.23. The number of oxime groups is 1. The highest BCUT2D eigenvalue weighted by Gasteiger charge is 2.09. The molecule has 1 aromatic heterocycles. The molecule has 0 saturated heterocycles. The van der Waals surface area contributed by atoms with Crippen molar-refractivity contribution >= 4 is 22.1 Å². The van der Waals surface area contributed by atoms with Crippen molar-refractivity contribution in [3.63, 3.8) is 0 Å². The summed E-state index contributed by atoms with van der Waals surface area (Å²) in [7, 11) is 0. The van der Waals surface area contributed by atoms with E-state index in [1.54, 1.807) is 12.5 Å². The molecule has 0 fully saturated rings. The van der Waals surface area contributed by atoms with Crippen LogP contribution in [0.2, 0.25) is 0 Å². The van der Waals surface area contributed by atoms with Crippen LogP contribution in [0.15, 0.2) is 26.4 Å². The molecule has 0 aliphatic rings. The molecule has 0 aromatic carbocycles. The van der Waals surface area contributed by atoms with Crippen LogP contribution in [-0.2, 0) is 4.84 Å². The maximum atomic E-state index is 5.33. The molecule has 0 spiro atoms. The number of furan rings is 1. The van der Waals surface area contributed by atoms with Crippen molar-refractivity contribution in [3.8, 4) is 0 Å². The van der Waals surface area contributed by atoms with Crippen molar-refractivity contribution in [1.29, 1.82) is 0 Å². The monoisotopic (exact) mass is 288 g/mol. The van der Waals surface area contributed by atoms with E-state index in [2.05, 4.69) is 39.8 Å². The SMILES string of the molecule is CCN(CC)C(C)ON=Cc1occc1Br. The van der Waals surface area contributed by atoms with Crippen molar-refractivity contribution in [3.05, 3.63) is 22.6 Å². The zero-order valence-electron chi connectivity index (χ0n) is 9.81. The van der Waals surface area contributed by atoms with Crippen LogP contribution in [0.25, 0.3) is 0 Å². The van der Waals surface area contributed by atoms with Crippen LogP contribution in [0.3, 0.4) is 0 Å². The van der Waals surface area contributed by atoms with Crippen LogP contribution < -0.4 is 0 Å². The largest absolute Gasteiger partial charge is 0.462 e. The highest BCUT2D eigenvalue weighted by atomic mass is 79.9. The van der Waals surface area contributed by atoms with E-state index in [0.717, 1.165) is 17.6 Å². The molecule has 1 atom stereocenters. The summed E-state index contributed by atoms with van der Waals surface area (Å²) in [5.41, 5.74) is 0. The fourth-order valence-electron chi connectivity index (χ4n) is 1.37. The highest BCUT2D eigenvalue weighted by molar-refractivity contribution is 9.10. The first kappa shape index (κ1) is 13.3. The van der Waals surface area contributed by atoms with Gasteiger partial charge in [0.1, 0.15) is 6.21 Å². The highest BCUT2D eigenvalue weighted by Crippen LogP contribution is 2.15. The van der Waals surface area contributed by atoms with Gasteiger partial charge in [0.05, 0.1) is 10.7 Å². The molecule has 0 aliphatic heterocycles. The average Bonchev–Trinajstić information content (AvgIpc) is 2.66. The van der Waals surface area contributed by atoms with Gasteiger partial charge in [0.2, 0.25) is 0 Å². The molecule has 4 nitrogen and oxygen atoms in total. The van der Waals surface area contributed by atoms with Crippen LogP contribution in [0.4, 0.5) is 0 Å². The predicted octanol–water partition coefficient (Wildman–Crippen LogP) is 3.08. The van der Waals surface area contributed by atoms with Crippen molar-refractivity contribution in [2.24, 2.45) is 5.16 Å². The fourth-order valence-corrected chi connectivity index (χ4v) is 1.67. The van der Waals surface area contributed by atoms with Gasteiger partial charge < -0.3 is 9.25 Å². The second kappa shape index (κ2) is 6.70. The van der Waals surface area contributed by atoms with E-state index in [-0.39, 0.29) is 6.23 Å². The normalized spacial score (nSPS) is 13.6. The Hall–Kier alpha value is -0.810. The molecule has 1 heterocycles. The van der Waals surface area contributed by atoms with Crippen LogP contribution in [0.5, 0.6) is 0 Å². The Bertz CT molecular complexity index is 334. The van der Waals surface area contributed by atoms with Crippen molar-refractivity contribution in [2.75, 3.05) is 13.1 Å². The van der Waals surface area contributed by atoms with Gasteiger partial charge in [-0.3, -0.25) is 4.90 Å². The summed E-state index contributed by atoms with van der Waals surface area (Å²) < 4.78 is 6.04. The second-order valence-electron chi connectivity index (χ2n) is 3.29. The van der Waals surface area contributed by atoms with Gasteiger partial charge in [-0.1, -0.05) is 19.0 Å². The molecular formula is C11H17BrN2O2. The Morgan fingerprint density at radius 2 is 2.25 bits per heavy atom. The first-order valence-electron chi connectivity index (χ1n) is 5.35. The van der Waals surface area contributed by atoms with Gasteiger partial charge in [0.25, 0.3) is 0 Å². The van der Waals surface area contributed by atoms with E-state index in [0.29, 0.717) is 5.76 Å². The standard InChI is InChI=1S/C11H17BrN2O2/c1-4-14(5-2)9(3)16-13-8-11-10(12)6-7-15-11/h6-9H,4-5H2,1-3H3. The summed E-state index contributed by atoms with van der Waals surface area (Å²) in [5, 5.41) is 3.90. The first-order valence-corrected chi connectivity index (χ1v) is 6.14. The van der Waals surface area contributed by atoms with Gasteiger partial charge in [-0.2, -0.15) is 0 Å². The molecule has 1 rings (SSSR count). The molecule has 0 aliphatic carbocycles. The molecule has 16 heavy (non-hydrogen) atoms. The van der Waals surface area contributed by atoms with Gasteiger partial charge in [-0.25, -0.2) is 0 Å². The van der Waals surface area contributed by atoms with Gasteiger partial charge in [0.15, 0.2) is 12.0 Å². The minimum atomic E-state index is -0.0278. The number of rotatable bonds is 6. The summed E-state index contributed by atoms with van der Waals surface area (Å²) in [4.78, 5) is 7.49. The summed E-state index contributed by atoms with van der Waals surface area (Å²) in [6, 6.07) is 1.81. The molecule has 1 unspecified atom stereocenters. The van der Waals surface area contributed by atoms with E-state index in [1.165, 1.54) is 0 Å². The third kappa shape index (κ3) is 3.64.